The number of aliphatic hydroxyl groups is 1. The Hall–Kier alpha value is -0.130. The summed E-state index contributed by atoms with van der Waals surface area (Å²) in [6.45, 7) is 5.55. The predicted octanol–water partition coefficient (Wildman–Crippen LogP) is 1.45. The van der Waals surface area contributed by atoms with Crippen LogP contribution in [-0.2, 0) is 10.1 Å². The molecule has 0 bridgehead atoms. The molecule has 0 saturated heterocycles. The smallest absolute Gasteiger partial charge is 0.272 e. The minimum absolute atomic E-state index is 0.329. The first-order valence-corrected chi connectivity index (χ1v) is 6.77. The highest BCUT2D eigenvalue weighted by molar-refractivity contribution is 7.87. The minimum Gasteiger partial charge on any atom is -0.391 e. The lowest BCUT2D eigenvalue weighted by Gasteiger charge is -2.40. The van der Waals surface area contributed by atoms with Crippen LogP contribution in [0.4, 0.5) is 0 Å². The molecule has 0 heterocycles. The molecule has 3 atom stereocenters. The molecule has 1 saturated carbocycles. The van der Waals surface area contributed by atoms with E-state index in [9.17, 15) is 13.5 Å². The van der Waals surface area contributed by atoms with E-state index in [1.54, 1.807) is 0 Å². The third-order valence-corrected chi connectivity index (χ3v) is 5.43. The largest absolute Gasteiger partial charge is 0.391 e. The quantitative estimate of drug-likeness (QED) is 0.712. The van der Waals surface area contributed by atoms with Gasteiger partial charge < -0.3 is 5.11 Å². The monoisotopic (exact) mass is 236 g/mol. The molecule has 0 aliphatic heterocycles. The molecular weight excluding hydrogens is 216 g/mol. The standard InChI is InChI=1S/C10H20O4S/c1-7(2)8-4-5-10(3,9(11)6-8)15(12,13)14/h7-9,11H,4-6H2,1-3H3,(H,12,13,14). The summed E-state index contributed by atoms with van der Waals surface area (Å²) in [6.07, 6.45) is 0.558. The van der Waals surface area contributed by atoms with Crippen LogP contribution in [0.1, 0.15) is 40.0 Å². The SMILES string of the molecule is CC(C)C1CCC(C)(S(=O)(=O)O)C(O)C1. The zero-order chi connectivity index (χ0) is 11.9. The summed E-state index contributed by atoms with van der Waals surface area (Å²) in [5, 5.41) is 9.84. The number of hydrogen-bond donors (Lipinski definition) is 2. The molecule has 1 aliphatic rings. The molecule has 2 N–H and O–H groups in total. The molecule has 5 heteroatoms. The number of aliphatic hydroxyl groups excluding tert-OH is 1. The van der Waals surface area contributed by atoms with Gasteiger partial charge in [0.1, 0.15) is 4.75 Å². The van der Waals surface area contributed by atoms with E-state index in [1.807, 2.05) is 0 Å². The Balaban J connectivity index is 2.85. The van der Waals surface area contributed by atoms with Crippen molar-refractivity contribution in [3.05, 3.63) is 0 Å². The normalized spacial score (nSPS) is 38.3. The lowest BCUT2D eigenvalue weighted by atomic mass is 9.75. The Morgan fingerprint density at radius 2 is 1.93 bits per heavy atom. The third-order valence-electron chi connectivity index (χ3n) is 3.77. The van der Waals surface area contributed by atoms with Gasteiger partial charge in [0.15, 0.2) is 0 Å². The van der Waals surface area contributed by atoms with E-state index in [0.29, 0.717) is 24.7 Å². The van der Waals surface area contributed by atoms with Gasteiger partial charge in [-0.25, -0.2) is 0 Å². The molecule has 0 amide bonds. The van der Waals surface area contributed by atoms with Crippen LogP contribution >= 0.6 is 0 Å². The van der Waals surface area contributed by atoms with E-state index in [2.05, 4.69) is 13.8 Å². The summed E-state index contributed by atoms with van der Waals surface area (Å²) in [6, 6.07) is 0. The van der Waals surface area contributed by atoms with Crippen molar-refractivity contribution in [2.24, 2.45) is 11.8 Å². The molecular formula is C10H20O4S. The zero-order valence-electron chi connectivity index (χ0n) is 9.47. The van der Waals surface area contributed by atoms with Crippen molar-refractivity contribution in [3.8, 4) is 0 Å². The second-order valence-corrected chi connectivity index (χ2v) is 6.96. The summed E-state index contributed by atoms with van der Waals surface area (Å²) in [5.41, 5.74) is 0. The van der Waals surface area contributed by atoms with Crippen LogP contribution in [0.2, 0.25) is 0 Å². The van der Waals surface area contributed by atoms with Crippen LogP contribution in [0.15, 0.2) is 0 Å². The Morgan fingerprint density at radius 1 is 1.40 bits per heavy atom. The summed E-state index contributed by atoms with van der Waals surface area (Å²) >= 11 is 0. The highest BCUT2D eigenvalue weighted by Gasteiger charge is 2.48. The first-order chi connectivity index (χ1) is 6.68. The summed E-state index contributed by atoms with van der Waals surface area (Å²) in [4.78, 5) is 0. The van der Waals surface area contributed by atoms with Crippen molar-refractivity contribution >= 4 is 10.1 Å². The average molecular weight is 236 g/mol. The zero-order valence-corrected chi connectivity index (χ0v) is 10.3. The van der Waals surface area contributed by atoms with Gasteiger partial charge in [-0.05, 0) is 38.0 Å². The maximum absolute atomic E-state index is 11.2. The average Bonchev–Trinajstić information content (AvgIpc) is 2.07. The highest BCUT2D eigenvalue weighted by atomic mass is 32.2. The molecule has 0 aromatic carbocycles. The maximum atomic E-state index is 11.2. The Kier molecular flexibility index (Phi) is 3.48. The first-order valence-electron chi connectivity index (χ1n) is 5.33. The van der Waals surface area contributed by atoms with Crippen LogP contribution < -0.4 is 0 Å². The van der Waals surface area contributed by atoms with Gasteiger partial charge in [0.25, 0.3) is 10.1 Å². The first kappa shape index (κ1) is 12.9. The molecule has 0 radical (unpaired) electrons. The van der Waals surface area contributed by atoms with E-state index in [4.69, 9.17) is 4.55 Å². The Labute approximate surface area is 91.4 Å². The van der Waals surface area contributed by atoms with E-state index in [1.165, 1.54) is 6.92 Å². The van der Waals surface area contributed by atoms with Crippen molar-refractivity contribution in [3.63, 3.8) is 0 Å². The second-order valence-electron chi connectivity index (χ2n) is 5.08. The lowest BCUT2D eigenvalue weighted by molar-refractivity contribution is 0.0505. The fourth-order valence-corrected chi connectivity index (χ4v) is 3.01. The number of hydrogen-bond acceptors (Lipinski definition) is 3. The van der Waals surface area contributed by atoms with Crippen molar-refractivity contribution in [2.45, 2.75) is 50.9 Å². The fourth-order valence-electron chi connectivity index (χ4n) is 2.20. The van der Waals surface area contributed by atoms with Gasteiger partial charge in [0, 0.05) is 0 Å². The van der Waals surface area contributed by atoms with E-state index < -0.39 is 21.0 Å². The number of rotatable bonds is 2. The summed E-state index contributed by atoms with van der Waals surface area (Å²) in [5.74, 6) is 0.778. The van der Waals surface area contributed by atoms with Gasteiger partial charge in [-0.3, -0.25) is 4.55 Å². The van der Waals surface area contributed by atoms with Crippen molar-refractivity contribution in [1.29, 1.82) is 0 Å². The molecule has 1 rings (SSSR count). The van der Waals surface area contributed by atoms with E-state index >= 15 is 0 Å². The maximum Gasteiger partial charge on any atom is 0.272 e. The summed E-state index contributed by atoms with van der Waals surface area (Å²) in [7, 11) is -4.17. The predicted molar refractivity (Wildman–Crippen MR) is 58.1 cm³/mol. The fraction of sp³-hybridized carbons (Fsp3) is 1.00. The molecule has 1 fully saturated rings. The second kappa shape index (κ2) is 4.03. The molecule has 90 valence electrons. The molecule has 4 nitrogen and oxygen atoms in total. The third kappa shape index (κ3) is 2.34. The topological polar surface area (TPSA) is 74.6 Å². The van der Waals surface area contributed by atoms with Crippen LogP contribution in [0, 0.1) is 11.8 Å². The van der Waals surface area contributed by atoms with Gasteiger partial charge in [0.05, 0.1) is 6.10 Å². The van der Waals surface area contributed by atoms with Crippen LogP contribution in [0.25, 0.3) is 0 Å². The lowest BCUT2D eigenvalue weighted by Crippen LogP contribution is -2.50. The van der Waals surface area contributed by atoms with Gasteiger partial charge in [-0.1, -0.05) is 13.8 Å². The Bertz CT molecular complexity index is 322. The van der Waals surface area contributed by atoms with Crippen LogP contribution in [0.5, 0.6) is 0 Å². The van der Waals surface area contributed by atoms with Crippen LogP contribution in [-0.4, -0.2) is 28.9 Å². The highest BCUT2D eigenvalue weighted by Crippen LogP contribution is 2.39. The van der Waals surface area contributed by atoms with Gasteiger partial charge in [-0.15, -0.1) is 0 Å². The van der Waals surface area contributed by atoms with E-state index in [0.717, 1.165) is 6.42 Å². The molecule has 15 heavy (non-hydrogen) atoms. The van der Waals surface area contributed by atoms with Crippen molar-refractivity contribution < 1.29 is 18.1 Å². The summed E-state index contributed by atoms with van der Waals surface area (Å²) < 4.78 is 30.1. The molecule has 3 unspecified atom stereocenters. The minimum atomic E-state index is -4.17. The molecule has 1 aliphatic carbocycles. The molecule has 0 aromatic heterocycles. The Morgan fingerprint density at radius 3 is 2.27 bits per heavy atom. The van der Waals surface area contributed by atoms with E-state index in [-0.39, 0.29) is 0 Å². The molecule has 0 spiro atoms. The van der Waals surface area contributed by atoms with Crippen LogP contribution in [0.3, 0.4) is 0 Å². The van der Waals surface area contributed by atoms with Gasteiger partial charge in [0.2, 0.25) is 0 Å². The van der Waals surface area contributed by atoms with Gasteiger partial charge in [-0.2, -0.15) is 8.42 Å². The molecule has 0 aromatic rings. The van der Waals surface area contributed by atoms with Gasteiger partial charge >= 0.3 is 0 Å². The van der Waals surface area contributed by atoms with Crippen molar-refractivity contribution in [2.75, 3.05) is 0 Å². The van der Waals surface area contributed by atoms with Crippen molar-refractivity contribution in [1.82, 2.24) is 0 Å².